The number of ether oxygens (including phenoxy) is 2. The molecule has 0 aromatic heterocycles. The summed E-state index contributed by atoms with van der Waals surface area (Å²) in [5, 5.41) is 0. The van der Waals surface area contributed by atoms with Crippen LogP contribution < -0.4 is 4.74 Å². The number of benzene rings is 2. The first-order chi connectivity index (χ1) is 15.2. The van der Waals surface area contributed by atoms with Crippen LogP contribution in [0, 0.1) is 0 Å². The van der Waals surface area contributed by atoms with Gasteiger partial charge in [0.05, 0.1) is 6.61 Å². The first kappa shape index (κ1) is 25.0. The monoisotopic (exact) mass is 424 g/mol. The van der Waals surface area contributed by atoms with Crippen molar-refractivity contribution in [2.45, 2.75) is 90.9 Å². The van der Waals surface area contributed by atoms with Gasteiger partial charge in [0.25, 0.3) is 0 Å². The predicted molar refractivity (Wildman–Crippen MR) is 129 cm³/mol. The van der Waals surface area contributed by atoms with Gasteiger partial charge >= 0.3 is 6.16 Å². The van der Waals surface area contributed by atoms with Gasteiger partial charge in [0.2, 0.25) is 0 Å². The van der Waals surface area contributed by atoms with E-state index in [1.165, 1.54) is 49.7 Å². The Balaban J connectivity index is 1.55. The lowest BCUT2D eigenvalue weighted by Gasteiger charge is -2.14. The summed E-state index contributed by atoms with van der Waals surface area (Å²) in [6.07, 6.45) is 12.9. The molecule has 0 aliphatic heterocycles. The Labute approximate surface area is 189 Å². The van der Waals surface area contributed by atoms with Crippen LogP contribution in [0.5, 0.6) is 5.75 Å². The molecule has 0 aliphatic carbocycles. The van der Waals surface area contributed by atoms with Crippen LogP contribution in [-0.4, -0.2) is 12.8 Å². The van der Waals surface area contributed by atoms with E-state index >= 15 is 0 Å². The second kappa shape index (κ2) is 15.5. The Hall–Kier alpha value is -2.29. The fourth-order valence-corrected chi connectivity index (χ4v) is 3.98. The van der Waals surface area contributed by atoms with E-state index in [1.54, 1.807) is 0 Å². The second-order valence-corrected chi connectivity index (χ2v) is 8.30. The Morgan fingerprint density at radius 1 is 0.710 bits per heavy atom. The summed E-state index contributed by atoms with van der Waals surface area (Å²) in [4.78, 5) is 12.1. The van der Waals surface area contributed by atoms with Crippen LogP contribution in [0.4, 0.5) is 4.79 Å². The lowest BCUT2D eigenvalue weighted by molar-refractivity contribution is 0.0969. The highest BCUT2D eigenvalue weighted by Gasteiger charge is 2.13. The molecule has 0 aliphatic rings. The molecule has 2 aromatic rings. The standard InChI is InChI=1S/C28H40O3/c1-3-16-25-21-15-22-27(26(25)17-4-2)31-28(29)30-23-14-9-7-5-6-8-11-18-24-19-12-10-13-20-24/h10,12-13,15,19-22H,3-9,11,14,16-18,23H2,1-2H3. The Morgan fingerprint density at radius 3 is 2.10 bits per heavy atom. The van der Waals surface area contributed by atoms with E-state index in [2.05, 4.69) is 50.2 Å². The molecule has 0 spiro atoms. The largest absolute Gasteiger partial charge is 0.513 e. The molecular weight excluding hydrogens is 384 g/mol. The van der Waals surface area contributed by atoms with E-state index in [1.807, 2.05) is 12.1 Å². The minimum atomic E-state index is -0.577. The van der Waals surface area contributed by atoms with E-state index in [-0.39, 0.29) is 0 Å². The van der Waals surface area contributed by atoms with E-state index in [0.717, 1.165) is 44.1 Å². The van der Waals surface area contributed by atoms with Crippen molar-refractivity contribution in [1.82, 2.24) is 0 Å². The molecular formula is C28H40O3. The van der Waals surface area contributed by atoms with Crippen LogP contribution in [0.3, 0.4) is 0 Å². The summed E-state index contributed by atoms with van der Waals surface area (Å²) in [6.45, 7) is 4.75. The molecule has 3 heteroatoms. The molecule has 0 radical (unpaired) electrons. The zero-order valence-electron chi connectivity index (χ0n) is 19.5. The van der Waals surface area contributed by atoms with Crippen molar-refractivity contribution in [3.63, 3.8) is 0 Å². The fraction of sp³-hybridized carbons (Fsp3) is 0.536. The highest BCUT2D eigenvalue weighted by Crippen LogP contribution is 2.25. The molecule has 2 rings (SSSR count). The van der Waals surface area contributed by atoms with Gasteiger partial charge in [0.1, 0.15) is 5.75 Å². The second-order valence-electron chi connectivity index (χ2n) is 8.30. The Kier molecular flexibility index (Phi) is 12.5. The molecule has 0 atom stereocenters. The van der Waals surface area contributed by atoms with Gasteiger partial charge in [-0.15, -0.1) is 0 Å². The van der Waals surface area contributed by atoms with Gasteiger partial charge < -0.3 is 9.47 Å². The quantitative estimate of drug-likeness (QED) is 0.165. The smallest absolute Gasteiger partial charge is 0.434 e. The van der Waals surface area contributed by atoms with Crippen molar-refractivity contribution in [3.8, 4) is 5.75 Å². The highest BCUT2D eigenvalue weighted by atomic mass is 16.7. The zero-order valence-corrected chi connectivity index (χ0v) is 19.5. The number of hydrogen-bond donors (Lipinski definition) is 0. The van der Waals surface area contributed by atoms with Gasteiger partial charge in [-0.1, -0.05) is 101 Å². The van der Waals surface area contributed by atoms with Crippen LogP contribution >= 0.6 is 0 Å². The minimum Gasteiger partial charge on any atom is -0.434 e. The maximum atomic E-state index is 12.1. The van der Waals surface area contributed by atoms with Crippen LogP contribution in [0.1, 0.15) is 88.3 Å². The van der Waals surface area contributed by atoms with Crippen LogP contribution in [0.15, 0.2) is 48.5 Å². The van der Waals surface area contributed by atoms with Crippen LogP contribution in [0.25, 0.3) is 0 Å². The maximum absolute atomic E-state index is 12.1. The number of carbonyl (C=O) groups excluding carboxylic acids is 1. The first-order valence-electron chi connectivity index (χ1n) is 12.2. The molecule has 0 heterocycles. The van der Waals surface area contributed by atoms with Gasteiger partial charge in [0, 0.05) is 0 Å². The zero-order chi connectivity index (χ0) is 22.2. The molecule has 0 unspecified atom stereocenters. The molecule has 2 aromatic carbocycles. The third kappa shape index (κ3) is 10.0. The average molecular weight is 425 g/mol. The van der Waals surface area contributed by atoms with Crippen molar-refractivity contribution in [2.75, 3.05) is 6.61 Å². The van der Waals surface area contributed by atoms with Gasteiger partial charge in [0.15, 0.2) is 0 Å². The molecule has 0 bridgehead atoms. The van der Waals surface area contributed by atoms with Crippen molar-refractivity contribution in [2.24, 2.45) is 0 Å². The van der Waals surface area contributed by atoms with Crippen molar-refractivity contribution in [1.29, 1.82) is 0 Å². The lowest BCUT2D eigenvalue weighted by atomic mass is 9.99. The summed E-state index contributed by atoms with van der Waals surface area (Å²) in [5.41, 5.74) is 3.86. The molecule has 0 fully saturated rings. The van der Waals surface area contributed by atoms with Crippen molar-refractivity contribution >= 4 is 6.16 Å². The SMILES string of the molecule is CCCc1cccc(OC(=O)OCCCCCCCCCc2ccccc2)c1CCC. The number of unbranched alkanes of at least 4 members (excludes halogenated alkanes) is 6. The third-order valence-electron chi connectivity index (χ3n) is 5.62. The van der Waals surface area contributed by atoms with E-state index in [4.69, 9.17) is 9.47 Å². The number of aryl methyl sites for hydroxylation is 2. The third-order valence-corrected chi connectivity index (χ3v) is 5.62. The van der Waals surface area contributed by atoms with E-state index < -0.39 is 6.16 Å². The van der Waals surface area contributed by atoms with Crippen LogP contribution in [-0.2, 0) is 24.0 Å². The summed E-state index contributed by atoms with van der Waals surface area (Å²) < 4.78 is 10.8. The summed E-state index contributed by atoms with van der Waals surface area (Å²) in [7, 11) is 0. The molecule has 0 N–H and O–H groups in total. The summed E-state index contributed by atoms with van der Waals surface area (Å²) in [6, 6.07) is 16.7. The Bertz CT molecular complexity index is 739. The highest BCUT2D eigenvalue weighted by molar-refractivity contribution is 5.65. The molecule has 0 saturated carbocycles. The minimum absolute atomic E-state index is 0.435. The van der Waals surface area contributed by atoms with Gasteiger partial charge in [-0.2, -0.15) is 0 Å². The van der Waals surface area contributed by atoms with E-state index in [0.29, 0.717) is 12.4 Å². The van der Waals surface area contributed by atoms with Crippen molar-refractivity contribution in [3.05, 3.63) is 65.2 Å². The first-order valence-corrected chi connectivity index (χ1v) is 12.2. The van der Waals surface area contributed by atoms with Gasteiger partial charge in [-0.3, -0.25) is 0 Å². The molecule has 3 nitrogen and oxygen atoms in total. The maximum Gasteiger partial charge on any atom is 0.513 e. The average Bonchev–Trinajstić information content (AvgIpc) is 2.78. The van der Waals surface area contributed by atoms with Crippen molar-refractivity contribution < 1.29 is 14.3 Å². The number of hydrogen-bond acceptors (Lipinski definition) is 3. The molecule has 0 amide bonds. The Morgan fingerprint density at radius 2 is 1.39 bits per heavy atom. The van der Waals surface area contributed by atoms with E-state index in [9.17, 15) is 4.79 Å². The lowest BCUT2D eigenvalue weighted by Crippen LogP contribution is -2.13. The number of carbonyl (C=O) groups is 1. The summed E-state index contributed by atoms with van der Waals surface area (Å²) >= 11 is 0. The topological polar surface area (TPSA) is 35.5 Å². The number of rotatable bonds is 15. The molecule has 0 saturated heterocycles. The van der Waals surface area contributed by atoms with Gasteiger partial charge in [-0.05, 0) is 54.9 Å². The fourth-order valence-electron chi connectivity index (χ4n) is 3.98. The normalized spacial score (nSPS) is 10.8. The summed E-state index contributed by atoms with van der Waals surface area (Å²) in [5.74, 6) is 0.660. The van der Waals surface area contributed by atoms with Gasteiger partial charge in [-0.25, -0.2) is 4.79 Å². The van der Waals surface area contributed by atoms with Crippen LogP contribution in [0.2, 0.25) is 0 Å². The molecule has 170 valence electrons. The molecule has 31 heavy (non-hydrogen) atoms. The predicted octanol–water partition coefficient (Wildman–Crippen LogP) is 8.08.